The summed E-state index contributed by atoms with van der Waals surface area (Å²) < 4.78 is 13.6. The highest BCUT2D eigenvalue weighted by Gasteiger charge is 2.21. The molecular weight excluding hydrogens is 243 g/mol. The van der Waals surface area contributed by atoms with Gasteiger partial charge >= 0.3 is 0 Å². The van der Waals surface area contributed by atoms with Crippen molar-refractivity contribution in [3.05, 3.63) is 34.6 Å². The number of hydrogen-bond donors (Lipinski definition) is 2. The van der Waals surface area contributed by atoms with E-state index in [4.69, 9.17) is 11.6 Å². The summed E-state index contributed by atoms with van der Waals surface area (Å²) in [7, 11) is 0. The number of aliphatic hydroxyl groups excluding tert-OH is 2. The average molecular weight is 261 g/mol. The van der Waals surface area contributed by atoms with Crippen molar-refractivity contribution < 1.29 is 14.6 Å². The van der Waals surface area contributed by atoms with E-state index in [1.807, 2.05) is 0 Å². The summed E-state index contributed by atoms with van der Waals surface area (Å²) in [6.45, 7) is 3.57. The topological polar surface area (TPSA) is 40.5 Å². The summed E-state index contributed by atoms with van der Waals surface area (Å²) in [5.41, 5.74) is 0.400. The summed E-state index contributed by atoms with van der Waals surface area (Å²) in [4.78, 5) is 0. The van der Waals surface area contributed by atoms with Crippen LogP contribution in [-0.4, -0.2) is 22.4 Å². The van der Waals surface area contributed by atoms with Gasteiger partial charge in [-0.2, -0.15) is 0 Å². The zero-order chi connectivity index (χ0) is 13.0. The second kappa shape index (κ2) is 6.34. The maximum Gasteiger partial charge on any atom is 0.128 e. The van der Waals surface area contributed by atoms with E-state index in [0.29, 0.717) is 17.0 Å². The molecule has 0 aliphatic rings. The van der Waals surface area contributed by atoms with Gasteiger partial charge in [-0.05, 0) is 30.9 Å². The third-order valence-corrected chi connectivity index (χ3v) is 3.28. The van der Waals surface area contributed by atoms with E-state index >= 15 is 0 Å². The highest BCUT2D eigenvalue weighted by atomic mass is 35.5. The Morgan fingerprint density at radius 1 is 1.29 bits per heavy atom. The molecule has 1 aromatic carbocycles. The molecule has 0 saturated heterocycles. The Kier molecular flexibility index (Phi) is 5.37. The van der Waals surface area contributed by atoms with Crippen molar-refractivity contribution in [3.8, 4) is 0 Å². The molecular formula is C13H18ClFO2. The SMILES string of the molecule is CCC(O)C(O)CC(C)c1c(F)cccc1Cl. The lowest BCUT2D eigenvalue weighted by molar-refractivity contribution is 0.00939. The van der Waals surface area contributed by atoms with E-state index in [0.717, 1.165) is 0 Å². The number of rotatable bonds is 5. The Hall–Kier alpha value is -0.640. The van der Waals surface area contributed by atoms with Gasteiger partial charge in [0.15, 0.2) is 0 Å². The first kappa shape index (κ1) is 14.4. The van der Waals surface area contributed by atoms with Crippen molar-refractivity contribution in [3.63, 3.8) is 0 Å². The lowest BCUT2D eigenvalue weighted by Gasteiger charge is -2.21. The minimum atomic E-state index is -0.856. The molecule has 17 heavy (non-hydrogen) atoms. The monoisotopic (exact) mass is 260 g/mol. The Labute approximate surface area is 106 Å². The van der Waals surface area contributed by atoms with Crippen molar-refractivity contribution in [2.45, 2.75) is 44.8 Å². The fourth-order valence-electron chi connectivity index (χ4n) is 1.89. The summed E-state index contributed by atoms with van der Waals surface area (Å²) in [5, 5.41) is 19.6. The molecule has 0 amide bonds. The van der Waals surface area contributed by atoms with Crippen molar-refractivity contribution in [2.75, 3.05) is 0 Å². The second-order valence-corrected chi connectivity index (χ2v) is 4.72. The number of aliphatic hydroxyl groups is 2. The molecule has 3 atom stereocenters. The molecule has 0 fully saturated rings. The molecule has 4 heteroatoms. The third kappa shape index (κ3) is 3.66. The van der Waals surface area contributed by atoms with Gasteiger partial charge in [-0.25, -0.2) is 4.39 Å². The number of hydrogen-bond acceptors (Lipinski definition) is 2. The van der Waals surface area contributed by atoms with Crippen LogP contribution < -0.4 is 0 Å². The zero-order valence-electron chi connectivity index (χ0n) is 10.0. The molecule has 0 radical (unpaired) electrons. The van der Waals surface area contributed by atoms with Crippen LogP contribution in [0.2, 0.25) is 5.02 Å². The van der Waals surface area contributed by atoms with Crippen LogP contribution in [-0.2, 0) is 0 Å². The van der Waals surface area contributed by atoms with Crippen molar-refractivity contribution in [1.29, 1.82) is 0 Å². The Bertz CT molecular complexity index is 350. The molecule has 2 nitrogen and oxygen atoms in total. The smallest absolute Gasteiger partial charge is 0.128 e. The maximum absolute atomic E-state index is 13.6. The molecule has 0 aliphatic heterocycles. The van der Waals surface area contributed by atoms with Crippen LogP contribution in [0.25, 0.3) is 0 Å². The molecule has 1 rings (SSSR count). The van der Waals surface area contributed by atoms with E-state index in [-0.39, 0.29) is 18.2 Å². The highest BCUT2D eigenvalue weighted by Crippen LogP contribution is 2.30. The predicted octanol–water partition coefficient (Wildman–Crippen LogP) is 3.10. The second-order valence-electron chi connectivity index (χ2n) is 4.32. The van der Waals surface area contributed by atoms with Crippen LogP contribution in [0, 0.1) is 5.82 Å². The summed E-state index contributed by atoms with van der Waals surface area (Å²) in [6, 6.07) is 4.52. The minimum Gasteiger partial charge on any atom is -0.390 e. The van der Waals surface area contributed by atoms with Crippen molar-refractivity contribution in [1.82, 2.24) is 0 Å². The van der Waals surface area contributed by atoms with Gasteiger partial charge in [-0.3, -0.25) is 0 Å². The summed E-state index contributed by atoms with van der Waals surface area (Å²) in [5.74, 6) is -0.608. The molecule has 96 valence electrons. The first-order valence-corrected chi connectivity index (χ1v) is 6.15. The maximum atomic E-state index is 13.6. The molecule has 0 saturated carbocycles. The first-order valence-electron chi connectivity index (χ1n) is 5.77. The molecule has 0 aliphatic carbocycles. The quantitative estimate of drug-likeness (QED) is 0.854. The van der Waals surface area contributed by atoms with Gasteiger partial charge in [-0.15, -0.1) is 0 Å². The van der Waals surface area contributed by atoms with Crippen LogP contribution in [0.5, 0.6) is 0 Å². The number of halogens is 2. The van der Waals surface area contributed by atoms with Gasteiger partial charge < -0.3 is 10.2 Å². The van der Waals surface area contributed by atoms with Gasteiger partial charge in [0.25, 0.3) is 0 Å². The van der Waals surface area contributed by atoms with E-state index in [1.165, 1.54) is 6.07 Å². The Morgan fingerprint density at radius 2 is 1.94 bits per heavy atom. The molecule has 1 aromatic rings. The highest BCUT2D eigenvalue weighted by molar-refractivity contribution is 6.31. The lowest BCUT2D eigenvalue weighted by Crippen LogP contribution is -2.26. The first-order chi connectivity index (χ1) is 7.97. The van der Waals surface area contributed by atoms with Gasteiger partial charge in [0.1, 0.15) is 5.82 Å². The van der Waals surface area contributed by atoms with Crippen LogP contribution in [0.4, 0.5) is 4.39 Å². The molecule has 2 N–H and O–H groups in total. The lowest BCUT2D eigenvalue weighted by atomic mass is 9.92. The van der Waals surface area contributed by atoms with Gasteiger partial charge in [0.2, 0.25) is 0 Å². The molecule has 0 spiro atoms. The fourth-order valence-corrected chi connectivity index (χ4v) is 2.24. The Morgan fingerprint density at radius 3 is 2.47 bits per heavy atom. The van der Waals surface area contributed by atoms with Gasteiger partial charge in [-0.1, -0.05) is 31.5 Å². The summed E-state index contributed by atoms with van der Waals surface area (Å²) >= 11 is 5.94. The number of benzene rings is 1. The molecule has 0 bridgehead atoms. The third-order valence-electron chi connectivity index (χ3n) is 2.95. The minimum absolute atomic E-state index is 0.236. The van der Waals surface area contributed by atoms with Crippen LogP contribution in [0.15, 0.2) is 18.2 Å². The predicted molar refractivity (Wildman–Crippen MR) is 66.7 cm³/mol. The van der Waals surface area contributed by atoms with Crippen LogP contribution >= 0.6 is 11.6 Å². The Balaban J connectivity index is 2.79. The van der Waals surface area contributed by atoms with Crippen LogP contribution in [0.3, 0.4) is 0 Å². The van der Waals surface area contributed by atoms with E-state index < -0.39 is 12.2 Å². The van der Waals surface area contributed by atoms with Crippen molar-refractivity contribution in [2.24, 2.45) is 0 Å². The van der Waals surface area contributed by atoms with E-state index in [9.17, 15) is 14.6 Å². The standard InChI is InChI=1S/C13H18ClFO2/c1-3-11(16)12(17)7-8(2)13-9(14)5-4-6-10(13)15/h4-6,8,11-12,16-17H,3,7H2,1-2H3. The average Bonchev–Trinajstić information content (AvgIpc) is 2.27. The van der Waals surface area contributed by atoms with Gasteiger partial charge in [0.05, 0.1) is 12.2 Å². The van der Waals surface area contributed by atoms with Crippen LogP contribution in [0.1, 0.15) is 38.2 Å². The molecule has 3 unspecified atom stereocenters. The zero-order valence-corrected chi connectivity index (χ0v) is 10.8. The van der Waals surface area contributed by atoms with E-state index in [1.54, 1.807) is 26.0 Å². The fraction of sp³-hybridized carbons (Fsp3) is 0.538. The van der Waals surface area contributed by atoms with Crippen molar-refractivity contribution >= 4 is 11.6 Å². The van der Waals surface area contributed by atoms with E-state index in [2.05, 4.69) is 0 Å². The molecule has 0 heterocycles. The normalized spacial score (nSPS) is 16.6. The largest absolute Gasteiger partial charge is 0.390 e. The molecule has 0 aromatic heterocycles. The summed E-state index contributed by atoms with van der Waals surface area (Å²) in [6.07, 6.45) is -0.872. The van der Waals surface area contributed by atoms with Gasteiger partial charge in [0, 0.05) is 10.6 Å².